The molecule has 0 saturated carbocycles. The molecule has 4 heteroatoms. The monoisotopic (exact) mass is 253 g/mol. The first-order valence-corrected chi connectivity index (χ1v) is 6.06. The normalized spacial score (nSPS) is 11.6. The summed E-state index contributed by atoms with van der Waals surface area (Å²) in [5.74, 6) is 0. The van der Waals surface area contributed by atoms with E-state index in [0.29, 0.717) is 6.61 Å². The Morgan fingerprint density at radius 3 is 2.42 bits per heavy atom. The number of aryl methyl sites for hydroxylation is 1. The molecule has 2 rings (SSSR count). The lowest BCUT2D eigenvalue weighted by molar-refractivity contribution is 0.0444. The Morgan fingerprint density at radius 1 is 1.11 bits per heavy atom. The van der Waals surface area contributed by atoms with Crippen molar-refractivity contribution < 1.29 is 4.74 Å². The summed E-state index contributed by atoms with van der Waals surface area (Å²) in [6, 6.07) is 17.6. The molecule has 0 aliphatic carbocycles. The third kappa shape index (κ3) is 3.85. The maximum Gasteiger partial charge on any atom is 0.162 e. The van der Waals surface area contributed by atoms with Gasteiger partial charge in [-0.25, -0.2) is 0 Å². The van der Waals surface area contributed by atoms with Crippen LogP contribution in [0.2, 0.25) is 0 Å². The quantitative estimate of drug-likeness (QED) is 0.439. The number of azide groups is 1. The lowest BCUT2D eigenvalue weighted by Gasteiger charge is -2.13. The van der Waals surface area contributed by atoms with Crippen molar-refractivity contribution >= 4 is 0 Å². The fourth-order valence-corrected chi connectivity index (χ4v) is 1.72. The summed E-state index contributed by atoms with van der Waals surface area (Å²) in [6.07, 6.45) is -0.592. The van der Waals surface area contributed by atoms with Gasteiger partial charge >= 0.3 is 0 Å². The van der Waals surface area contributed by atoms with Crippen molar-refractivity contribution in [3.8, 4) is 0 Å². The third-order valence-electron chi connectivity index (χ3n) is 2.77. The van der Waals surface area contributed by atoms with Crippen LogP contribution in [0.3, 0.4) is 0 Å². The zero-order valence-electron chi connectivity index (χ0n) is 10.7. The summed E-state index contributed by atoms with van der Waals surface area (Å²) >= 11 is 0. The molecule has 96 valence electrons. The van der Waals surface area contributed by atoms with E-state index >= 15 is 0 Å². The number of ether oxygens (including phenoxy) is 1. The zero-order valence-corrected chi connectivity index (χ0v) is 10.7. The maximum atomic E-state index is 8.63. The van der Waals surface area contributed by atoms with Crippen LogP contribution in [0, 0.1) is 6.92 Å². The second-order valence-electron chi connectivity index (χ2n) is 4.26. The molecule has 0 fully saturated rings. The highest BCUT2D eigenvalue weighted by atomic mass is 16.5. The Morgan fingerprint density at radius 2 is 1.79 bits per heavy atom. The van der Waals surface area contributed by atoms with Crippen LogP contribution in [0.5, 0.6) is 0 Å². The first-order valence-electron chi connectivity index (χ1n) is 6.06. The molecule has 1 atom stereocenters. The van der Waals surface area contributed by atoms with Gasteiger partial charge < -0.3 is 4.74 Å². The summed E-state index contributed by atoms with van der Waals surface area (Å²) in [7, 11) is 0. The van der Waals surface area contributed by atoms with Crippen molar-refractivity contribution in [2.75, 3.05) is 0 Å². The molecule has 2 aromatic carbocycles. The van der Waals surface area contributed by atoms with Crippen LogP contribution in [-0.2, 0) is 11.3 Å². The van der Waals surface area contributed by atoms with Gasteiger partial charge in [-0.2, -0.15) is 0 Å². The van der Waals surface area contributed by atoms with E-state index in [1.54, 1.807) is 0 Å². The Bertz CT molecular complexity index is 560. The van der Waals surface area contributed by atoms with Crippen LogP contribution >= 0.6 is 0 Å². The molecule has 0 radical (unpaired) electrons. The van der Waals surface area contributed by atoms with E-state index in [1.165, 1.54) is 0 Å². The Labute approximate surface area is 112 Å². The van der Waals surface area contributed by atoms with Crippen molar-refractivity contribution in [2.45, 2.75) is 19.8 Å². The second kappa shape index (κ2) is 6.59. The van der Waals surface area contributed by atoms with Crippen LogP contribution in [0.25, 0.3) is 10.4 Å². The summed E-state index contributed by atoms with van der Waals surface area (Å²) < 4.78 is 5.67. The van der Waals surface area contributed by atoms with Crippen molar-refractivity contribution in [3.05, 3.63) is 81.7 Å². The van der Waals surface area contributed by atoms with Gasteiger partial charge in [0.05, 0.1) is 6.61 Å². The minimum atomic E-state index is -0.592. The van der Waals surface area contributed by atoms with Crippen LogP contribution in [-0.4, -0.2) is 0 Å². The van der Waals surface area contributed by atoms with Gasteiger partial charge in [0.1, 0.15) is 0 Å². The standard InChI is InChI=1S/C15H15N3O/c1-12-7-9-14(10-8-12)15(17-18-16)19-11-13-5-3-2-4-6-13/h2-10,15H,11H2,1H3. The smallest absolute Gasteiger partial charge is 0.162 e. The molecular weight excluding hydrogens is 238 g/mol. The van der Waals surface area contributed by atoms with Gasteiger partial charge in [0.2, 0.25) is 0 Å². The van der Waals surface area contributed by atoms with E-state index in [4.69, 9.17) is 10.3 Å². The van der Waals surface area contributed by atoms with E-state index in [2.05, 4.69) is 10.0 Å². The SMILES string of the molecule is Cc1ccc(C(N=[N+]=[N-])OCc2ccccc2)cc1. The highest BCUT2D eigenvalue weighted by Crippen LogP contribution is 2.21. The topological polar surface area (TPSA) is 58.0 Å². The average molecular weight is 253 g/mol. The highest BCUT2D eigenvalue weighted by Gasteiger charge is 2.09. The molecule has 2 aromatic rings. The van der Waals surface area contributed by atoms with E-state index < -0.39 is 6.23 Å². The molecule has 0 aromatic heterocycles. The third-order valence-corrected chi connectivity index (χ3v) is 2.77. The van der Waals surface area contributed by atoms with Crippen LogP contribution in [0.15, 0.2) is 59.7 Å². The minimum Gasteiger partial charge on any atom is -0.363 e. The molecule has 0 aliphatic heterocycles. The molecule has 0 N–H and O–H groups in total. The fourth-order valence-electron chi connectivity index (χ4n) is 1.72. The van der Waals surface area contributed by atoms with Crippen LogP contribution < -0.4 is 0 Å². The predicted octanol–water partition coefficient (Wildman–Crippen LogP) is 4.52. The van der Waals surface area contributed by atoms with Crippen molar-refractivity contribution in [2.24, 2.45) is 5.11 Å². The second-order valence-corrected chi connectivity index (χ2v) is 4.26. The maximum absolute atomic E-state index is 8.63. The van der Waals surface area contributed by atoms with Gasteiger partial charge in [-0.05, 0) is 23.6 Å². The molecule has 4 nitrogen and oxygen atoms in total. The molecule has 0 aliphatic rings. The first kappa shape index (κ1) is 13.1. The summed E-state index contributed by atoms with van der Waals surface area (Å²) in [6.45, 7) is 2.43. The molecule has 1 unspecified atom stereocenters. The van der Waals surface area contributed by atoms with E-state index in [1.807, 2.05) is 61.5 Å². The molecule has 0 saturated heterocycles. The molecule has 0 spiro atoms. The molecule has 19 heavy (non-hydrogen) atoms. The van der Waals surface area contributed by atoms with Gasteiger partial charge in [0, 0.05) is 4.91 Å². The molecule has 0 bridgehead atoms. The summed E-state index contributed by atoms with van der Waals surface area (Å²) in [5, 5.41) is 3.70. The Balaban J connectivity index is 2.08. The lowest BCUT2D eigenvalue weighted by Crippen LogP contribution is -2.01. The Kier molecular flexibility index (Phi) is 4.56. The number of hydrogen-bond donors (Lipinski definition) is 0. The van der Waals surface area contributed by atoms with E-state index in [0.717, 1.165) is 16.7 Å². The average Bonchev–Trinajstić information content (AvgIpc) is 2.46. The summed E-state index contributed by atoms with van der Waals surface area (Å²) in [4.78, 5) is 2.85. The first-order chi connectivity index (χ1) is 9.29. The number of benzene rings is 2. The van der Waals surface area contributed by atoms with Crippen molar-refractivity contribution in [1.29, 1.82) is 0 Å². The van der Waals surface area contributed by atoms with Gasteiger partial charge in [0.25, 0.3) is 0 Å². The number of nitrogens with zero attached hydrogens (tertiary/aromatic N) is 3. The molecule has 0 heterocycles. The van der Waals surface area contributed by atoms with E-state index in [9.17, 15) is 0 Å². The summed E-state index contributed by atoms with van der Waals surface area (Å²) in [5.41, 5.74) is 11.7. The minimum absolute atomic E-state index is 0.415. The van der Waals surface area contributed by atoms with Gasteiger partial charge in [0.15, 0.2) is 6.23 Å². The zero-order chi connectivity index (χ0) is 13.5. The van der Waals surface area contributed by atoms with Crippen LogP contribution in [0.4, 0.5) is 0 Å². The molecule has 0 amide bonds. The predicted molar refractivity (Wildman–Crippen MR) is 74.3 cm³/mol. The van der Waals surface area contributed by atoms with Gasteiger partial charge in [-0.3, -0.25) is 0 Å². The lowest BCUT2D eigenvalue weighted by atomic mass is 10.1. The Hall–Kier alpha value is -2.29. The molecular formula is C15H15N3O. The fraction of sp³-hybridized carbons (Fsp3) is 0.200. The number of rotatable bonds is 5. The van der Waals surface area contributed by atoms with Gasteiger partial charge in [-0.1, -0.05) is 65.3 Å². The van der Waals surface area contributed by atoms with Crippen LogP contribution in [0.1, 0.15) is 22.9 Å². The van der Waals surface area contributed by atoms with E-state index in [-0.39, 0.29) is 0 Å². The van der Waals surface area contributed by atoms with Crippen molar-refractivity contribution in [1.82, 2.24) is 0 Å². The highest BCUT2D eigenvalue weighted by molar-refractivity contribution is 5.23. The number of hydrogen-bond acceptors (Lipinski definition) is 2. The van der Waals surface area contributed by atoms with Gasteiger partial charge in [-0.15, -0.1) is 0 Å². The largest absolute Gasteiger partial charge is 0.363 e. The van der Waals surface area contributed by atoms with Crippen molar-refractivity contribution in [3.63, 3.8) is 0 Å².